The van der Waals surface area contributed by atoms with Crippen LogP contribution in [0.25, 0.3) is 0 Å². The summed E-state index contributed by atoms with van der Waals surface area (Å²) in [5, 5.41) is 0. The molecular formula is C43H52N3NaO6S2. The summed E-state index contributed by atoms with van der Waals surface area (Å²) >= 11 is 0. The third-order valence-electron chi connectivity index (χ3n) is 10.1. The van der Waals surface area contributed by atoms with Crippen molar-refractivity contribution in [3.05, 3.63) is 148 Å². The molecule has 0 aliphatic carbocycles. The zero-order chi connectivity index (χ0) is 39.2. The summed E-state index contributed by atoms with van der Waals surface area (Å²) in [5.74, 6) is -0.0677. The molecule has 55 heavy (non-hydrogen) atoms. The van der Waals surface area contributed by atoms with Crippen molar-refractivity contribution in [2.45, 2.75) is 70.3 Å². The monoisotopic (exact) mass is 793 g/mol. The normalized spacial score (nSPS) is 11.7. The Morgan fingerprint density at radius 3 is 1.25 bits per heavy atom. The van der Waals surface area contributed by atoms with Crippen LogP contribution >= 0.6 is 0 Å². The molecule has 0 bridgehead atoms. The average Bonchev–Trinajstić information content (AvgIpc) is 3.14. The minimum absolute atomic E-state index is 0. The quantitative estimate of drug-likeness (QED) is 0.0706. The summed E-state index contributed by atoms with van der Waals surface area (Å²) < 4.78 is 66.3. The first-order valence-corrected chi connectivity index (χ1v) is 21.2. The van der Waals surface area contributed by atoms with Gasteiger partial charge in [0.2, 0.25) is 0 Å². The predicted molar refractivity (Wildman–Crippen MR) is 220 cm³/mol. The van der Waals surface area contributed by atoms with Crippen LogP contribution in [0.2, 0.25) is 0 Å². The van der Waals surface area contributed by atoms with Crippen molar-refractivity contribution in [2.75, 3.05) is 40.9 Å². The molecule has 9 nitrogen and oxygen atoms in total. The Kier molecular flexibility index (Phi) is 15.2. The van der Waals surface area contributed by atoms with Gasteiger partial charge in [-0.3, -0.25) is 9.11 Å². The first-order chi connectivity index (χ1) is 25.7. The molecule has 0 atom stereocenters. The van der Waals surface area contributed by atoms with Gasteiger partial charge in [0.1, 0.15) is 0 Å². The number of aryl methyl sites for hydroxylation is 2. The molecule has 0 amide bonds. The molecule has 288 valence electrons. The topological polar surface area (TPSA) is 118 Å². The van der Waals surface area contributed by atoms with E-state index >= 15 is 0 Å². The summed E-state index contributed by atoms with van der Waals surface area (Å²) in [6.45, 7) is 16.9. The van der Waals surface area contributed by atoms with E-state index in [1.165, 1.54) is 46.6 Å². The first kappa shape index (κ1) is 44.0. The third kappa shape index (κ3) is 10.8. The molecule has 0 unspecified atom stereocenters. The molecule has 0 saturated heterocycles. The Balaban J connectivity index is 0.00000420. The van der Waals surface area contributed by atoms with E-state index in [9.17, 15) is 25.9 Å². The van der Waals surface area contributed by atoms with E-state index in [2.05, 4.69) is 117 Å². The average molecular weight is 794 g/mol. The molecular weight excluding hydrogens is 742 g/mol. The van der Waals surface area contributed by atoms with Crippen molar-refractivity contribution in [1.29, 1.82) is 0 Å². The van der Waals surface area contributed by atoms with Crippen LogP contribution < -0.4 is 44.3 Å². The van der Waals surface area contributed by atoms with Crippen LogP contribution in [0.15, 0.2) is 119 Å². The molecule has 0 saturated carbocycles. The van der Waals surface area contributed by atoms with Crippen LogP contribution in [0, 0.1) is 13.8 Å². The summed E-state index contributed by atoms with van der Waals surface area (Å²) in [7, 11) is -8.61. The van der Waals surface area contributed by atoms with E-state index in [0.29, 0.717) is 26.2 Å². The molecule has 5 aromatic rings. The molecule has 0 radical (unpaired) electrons. The Morgan fingerprint density at radius 1 is 0.527 bits per heavy atom. The van der Waals surface area contributed by atoms with Crippen LogP contribution in [0.3, 0.4) is 0 Å². The number of benzene rings is 5. The van der Waals surface area contributed by atoms with Crippen LogP contribution in [0.4, 0.5) is 17.1 Å². The van der Waals surface area contributed by atoms with E-state index in [1.54, 1.807) is 12.1 Å². The SMILES string of the molecule is CCN(CC)c1ccc(C(c2ccc(N(CC)Cc3cccc(S(=O)(=O)O)c3)cc2C)c2ccc(N(CC)Cc3cccc(S(=O)(=O)O)c3)cc2C)cc1.[H-].[Na+]. The van der Waals surface area contributed by atoms with Crippen LogP contribution in [-0.2, 0) is 33.3 Å². The molecule has 0 aliphatic rings. The summed E-state index contributed by atoms with van der Waals surface area (Å²) in [4.78, 5) is 6.45. The van der Waals surface area contributed by atoms with Gasteiger partial charge in [-0.05, 0) is 141 Å². The fourth-order valence-corrected chi connectivity index (χ4v) is 8.28. The fourth-order valence-electron chi connectivity index (χ4n) is 7.17. The maximum atomic E-state index is 11.8. The van der Waals surface area contributed by atoms with Crippen molar-refractivity contribution >= 4 is 37.3 Å². The van der Waals surface area contributed by atoms with Gasteiger partial charge in [0, 0.05) is 62.2 Å². The van der Waals surface area contributed by atoms with Gasteiger partial charge in [-0.25, -0.2) is 0 Å². The molecule has 2 N–H and O–H groups in total. The Labute approximate surface area is 351 Å². The van der Waals surface area contributed by atoms with Gasteiger partial charge >= 0.3 is 29.6 Å². The van der Waals surface area contributed by atoms with Gasteiger partial charge in [-0.2, -0.15) is 16.8 Å². The van der Waals surface area contributed by atoms with Crippen molar-refractivity contribution in [2.24, 2.45) is 0 Å². The maximum Gasteiger partial charge on any atom is 1.00 e. The van der Waals surface area contributed by atoms with E-state index in [4.69, 9.17) is 0 Å². The molecule has 0 aliphatic heterocycles. The summed E-state index contributed by atoms with van der Waals surface area (Å²) in [5.41, 5.74) is 10.5. The van der Waals surface area contributed by atoms with E-state index < -0.39 is 20.2 Å². The second kappa shape index (κ2) is 19.0. The van der Waals surface area contributed by atoms with Crippen LogP contribution in [-0.4, -0.2) is 52.1 Å². The Bertz CT molecular complexity index is 2170. The minimum atomic E-state index is -4.30. The molecule has 0 spiro atoms. The number of nitrogens with zero attached hydrogens (tertiary/aromatic N) is 3. The number of rotatable bonds is 16. The largest absolute Gasteiger partial charge is 1.00 e. The third-order valence-corrected chi connectivity index (χ3v) is 11.8. The Morgan fingerprint density at radius 2 is 0.909 bits per heavy atom. The minimum Gasteiger partial charge on any atom is -1.00 e. The van der Waals surface area contributed by atoms with Crippen molar-refractivity contribution in [3.63, 3.8) is 0 Å². The van der Waals surface area contributed by atoms with Gasteiger partial charge < -0.3 is 16.1 Å². The number of hydrogen-bond donors (Lipinski definition) is 2. The molecule has 0 aromatic heterocycles. The molecule has 12 heteroatoms. The molecule has 0 fully saturated rings. The molecule has 0 heterocycles. The second-order valence-corrected chi connectivity index (χ2v) is 16.4. The van der Waals surface area contributed by atoms with Gasteiger partial charge in [0.25, 0.3) is 20.2 Å². The van der Waals surface area contributed by atoms with Crippen molar-refractivity contribution in [3.8, 4) is 0 Å². The number of hydrogen-bond acceptors (Lipinski definition) is 7. The molecule has 5 rings (SSSR count). The zero-order valence-corrected chi connectivity index (χ0v) is 36.5. The van der Waals surface area contributed by atoms with E-state index in [-0.39, 0.29) is 46.7 Å². The second-order valence-electron chi connectivity index (χ2n) is 13.6. The Hall–Kier alpha value is -3.68. The summed E-state index contributed by atoms with van der Waals surface area (Å²) in [6.07, 6.45) is 0. The number of anilines is 3. The van der Waals surface area contributed by atoms with Gasteiger partial charge in [-0.15, -0.1) is 0 Å². The fraction of sp³-hybridized carbons (Fsp3) is 0.302. The zero-order valence-electron chi connectivity index (χ0n) is 33.9. The van der Waals surface area contributed by atoms with Crippen LogP contribution in [0.5, 0.6) is 0 Å². The van der Waals surface area contributed by atoms with Crippen LogP contribution in [0.1, 0.15) is 74.0 Å². The first-order valence-electron chi connectivity index (χ1n) is 18.3. The van der Waals surface area contributed by atoms with E-state index in [1.807, 2.05) is 12.1 Å². The maximum absolute atomic E-state index is 11.8. The van der Waals surface area contributed by atoms with Crippen molar-refractivity contribution < 1.29 is 56.9 Å². The van der Waals surface area contributed by atoms with Gasteiger partial charge in [-0.1, -0.05) is 48.5 Å². The van der Waals surface area contributed by atoms with E-state index in [0.717, 1.165) is 46.7 Å². The standard InChI is InChI=1S/C43H51N3O6S2.Na.H/c1-7-44(8-2)36-19-17-35(18-20-36)43(41-23-21-37(25-31(41)5)45(9-3)29-33-13-11-15-39(27-33)53(47,48)49)42-24-22-38(26-32(42)6)46(10-4)30-34-14-12-16-40(28-34)54(50,51)52;;/h11-28,43H,7-10,29-30H2,1-6H3,(H,47,48,49)(H,50,51,52);;/q;+1;-1. The van der Waals surface area contributed by atoms with Gasteiger partial charge in [0.05, 0.1) is 9.79 Å². The smallest absolute Gasteiger partial charge is 1.00 e. The summed E-state index contributed by atoms with van der Waals surface area (Å²) in [6, 6.07) is 34.7. The predicted octanol–water partition coefficient (Wildman–Crippen LogP) is 5.99. The van der Waals surface area contributed by atoms with Crippen molar-refractivity contribution in [1.82, 2.24) is 0 Å². The molecule has 5 aromatic carbocycles. The van der Waals surface area contributed by atoms with Gasteiger partial charge in [0.15, 0.2) is 0 Å².